The molecule has 1 saturated heterocycles. The predicted molar refractivity (Wildman–Crippen MR) is 80.4 cm³/mol. The van der Waals surface area contributed by atoms with E-state index in [9.17, 15) is 18.0 Å². The van der Waals surface area contributed by atoms with Crippen molar-refractivity contribution in [2.75, 3.05) is 36.4 Å². The standard InChI is InChI=1S/C15H15F3N4O2/c1-9-8-12(20-24-9)19-15(23)22-6-4-21(5-7-22)11-3-2-10(16)13(17)14(11)18/h2-3,8H,4-7H2,1H3,(H,19,20,23). The maximum Gasteiger partial charge on any atom is 0.323 e. The summed E-state index contributed by atoms with van der Waals surface area (Å²) >= 11 is 0. The second kappa shape index (κ2) is 6.42. The lowest BCUT2D eigenvalue weighted by atomic mass is 10.2. The molecular weight excluding hydrogens is 325 g/mol. The number of carbonyl (C=O) groups excluding carboxylic acids is 1. The number of hydrogen-bond donors (Lipinski definition) is 1. The molecule has 1 aliphatic rings. The molecule has 0 aliphatic carbocycles. The fourth-order valence-corrected chi connectivity index (χ4v) is 2.52. The summed E-state index contributed by atoms with van der Waals surface area (Å²) in [6.07, 6.45) is 0. The van der Waals surface area contributed by atoms with Gasteiger partial charge < -0.3 is 14.3 Å². The summed E-state index contributed by atoms with van der Waals surface area (Å²) in [5.41, 5.74) is -0.0129. The zero-order chi connectivity index (χ0) is 17.3. The molecule has 0 spiro atoms. The molecule has 0 atom stereocenters. The van der Waals surface area contributed by atoms with Crippen LogP contribution in [-0.4, -0.2) is 42.3 Å². The van der Waals surface area contributed by atoms with Crippen LogP contribution >= 0.6 is 0 Å². The quantitative estimate of drug-likeness (QED) is 0.854. The van der Waals surface area contributed by atoms with Gasteiger partial charge >= 0.3 is 6.03 Å². The minimum Gasteiger partial charge on any atom is -0.366 e. The number of aryl methyl sites for hydroxylation is 1. The molecule has 1 aliphatic heterocycles. The molecule has 3 rings (SSSR count). The second-order valence-corrected chi connectivity index (χ2v) is 5.42. The summed E-state index contributed by atoms with van der Waals surface area (Å²) in [5.74, 6) is -3.05. The van der Waals surface area contributed by atoms with E-state index < -0.39 is 17.5 Å². The zero-order valence-electron chi connectivity index (χ0n) is 12.9. The minimum atomic E-state index is -1.49. The highest BCUT2D eigenvalue weighted by Crippen LogP contribution is 2.24. The number of aromatic nitrogens is 1. The largest absolute Gasteiger partial charge is 0.366 e. The number of halogens is 3. The summed E-state index contributed by atoms with van der Waals surface area (Å²) in [6, 6.07) is 3.32. The molecule has 24 heavy (non-hydrogen) atoms. The number of nitrogens with one attached hydrogen (secondary N) is 1. The Morgan fingerprint density at radius 3 is 2.50 bits per heavy atom. The Labute approximate surface area is 135 Å². The van der Waals surface area contributed by atoms with Crippen LogP contribution in [0.2, 0.25) is 0 Å². The van der Waals surface area contributed by atoms with Gasteiger partial charge in [0.1, 0.15) is 5.76 Å². The Bertz CT molecular complexity index is 757. The Hall–Kier alpha value is -2.71. The van der Waals surface area contributed by atoms with Gasteiger partial charge in [0.2, 0.25) is 0 Å². The van der Waals surface area contributed by atoms with Crippen molar-refractivity contribution in [3.05, 3.63) is 41.4 Å². The van der Waals surface area contributed by atoms with Gasteiger partial charge in [-0.15, -0.1) is 0 Å². The average molecular weight is 340 g/mol. The Morgan fingerprint density at radius 1 is 1.17 bits per heavy atom. The summed E-state index contributed by atoms with van der Waals surface area (Å²) in [7, 11) is 0. The Balaban J connectivity index is 1.61. The molecule has 0 unspecified atom stereocenters. The first kappa shape index (κ1) is 16.2. The van der Waals surface area contributed by atoms with Crippen LogP contribution in [0.25, 0.3) is 0 Å². The lowest BCUT2D eigenvalue weighted by Gasteiger charge is -2.36. The van der Waals surface area contributed by atoms with Crippen LogP contribution in [0.15, 0.2) is 22.7 Å². The third-order valence-corrected chi connectivity index (χ3v) is 3.79. The normalized spacial score (nSPS) is 14.8. The van der Waals surface area contributed by atoms with Gasteiger partial charge in [-0.25, -0.2) is 18.0 Å². The fraction of sp³-hybridized carbons (Fsp3) is 0.333. The van der Waals surface area contributed by atoms with E-state index in [1.807, 2.05) is 0 Å². The highest BCUT2D eigenvalue weighted by atomic mass is 19.2. The molecule has 9 heteroatoms. The summed E-state index contributed by atoms with van der Waals surface area (Å²) < 4.78 is 45.0. The Kier molecular flexibility index (Phi) is 4.32. The van der Waals surface area contributed by atoms with Gasteiger partial charge in [-0.1, -0.05) is 5.16 Å². The van der Waals surface area contributed by atoms with Gasteiger partial charge in [0, 0.05) is 32.2 Å². The molecule has 0 saturated carbocycles. The number of hydrogen-bond acceptors (Lipinski definition) is 4. The summed E-state index contributed by atoms with van der Waals surface area (Å²) in [4.78, 5) is 15.2. The molecule has 0 bridgehead atoms. The molecule has 6 nitrogen and oxygen atoms in total. The first-order valence-electron chi connectivity index (χ1n) is 7.33. The van der Waals surface area contributed by atoms with Crippen molar-refractivity contribution in [3.8, 4) is 0 Å². The van der Waals surface area contributed by atoms with E-state index in [1.165, 1.54) is 11.0 Å². The maximum absolute atomic E-state index is 13.8. The van der Waals surface area contributed by atoms with Crippen LogP contribution in [0.1, 0.15) is 5.76 Å². The monoisotopic (exact) mass is 340 g/mol. The number of rotatable bonds is 2. The highest BCUT2D eigenvalue weighted by Gasteiger charge is 2.25. The van der Waals surface area contributed by atoms with Crippen LogP contribution < -0.4 is 10.2 Å². The van der Waals surface area contributed by atoms with Crippen LogP contribution in [0.5, 0.6) is 0 Å². The first-order chi connectivity index (χ1) is 11.5. The third-order valence-electron chi connectivity index (χ3n) is 3.79. The van der Waals surface area contributed by atoms with Crippen LogP contribution in [0, 0.1) is 24.4 Å². The molecule has 1 N–H and O–H groups in total. The van der Waals surface area contributed by atoms with Gasteiger partial charge in [-0.3, -0.25) is 5.32 Å². The smallest absolute Gasteiger partial charge is 0.323 e. The molecular formula is C15H15F3N4O2. The van der Waals surface area contributed by atoms with E-state index in [2.05, 4.69) is 10.5 Å². The van der Waals surface area contributed by atoms with E-state index in [0.717, 1.165) is 6.07 Å². The highest BCUT2D eigenvalue weighted by molar-refractivity contribution is 5.88. The van der Waals surface area contributed by atoms with Gasteiger partial charge in [0.05, 0.1) is 5.69 Å². The van der Waals surface area contributed by atoms with E-state index in [0.29, 0.717) is 37.8 Å². The number of nitrogens with zero attached hydrogens (tertiary/aromatic N) is 3. The van der Waals surface area contributed by atoms with Gasteiger partial charge in [0.15, 0.2) is 23.3 Å². The van der Waals surface area contributed by atoms with Gasteiger partial charge in [-0.2, -0.15) is 0 Å². The van der Waals surface area contributed by atoms with Crippen molar-refractivity contribution in [3.63, 3.8) is 0 Å². The number of carbonyl (C=O) groups is 1. The van der Waals surface area contributed by atoms with Crippen molar-refractivity contribution in [2.45, 2.75) is 6.92 Å². The summed E-state index contributed by atoms with van der Waals surface area (Å²) in [5, 5.41) is 6.27. The van der Waals surface area contributed by atoms with Crippen molar-refractivity contribution in [2.24, 2.45) is 0 Å². The van der Waals surface area contributed by atoms with E-state index in [4.69, 9.17) is 4.52 Å². The summed E-state index contributed by atoms with van der Waals surface area (Å²) in [6.45, 7) is 2.92. The zero-order valence-corrected chi connectivity index (χ0v) is 12.9. The lowest BCUT2D eigenvalue weighted by Crippen LogP contribution is -2.50. The SMILES string of the molecule is Cc1cc(NC(=O)N2CCN(c3ccc(F)c(F)c3F)CC2)no1. The number of amides is 2. The Morgan fingerprint density at radius 2 is 1.88 bits per heavy atom. The average Bonchev–Trinajstić information content (AvgIpc) is 2.98. The van der Waals surface area contributed by atoms with Crippen molar-refractivity contribution in [1.29, 1.82) is 0 Å². The van der Waals surface area contributed by atoms with E-state index in [1.54, 1.807) is 17.9 Å². The molecule has 2 amide bonds. The number of benzene rings is 1. The van der Waals surface area contributed by atoms with Crippen LogP contribution in [-0.2, 0) is 0 Å². The molecule has 2 heterocycles. The topological polar surface area (TPSA) is 61.6 Å². The van der Waals surface area contributed by atoms with Gasteiger partial charge in [0.25, 0.3) is 0 Å². The fourth-order valence-electron chi connectivity index (χ4n) is 2.52. The van der Waals surface area contributed by atoms with Crippen molar-refractivity contribution < 1.29 is 22.5 Å². The predicted octanol–water partition coefficient (Wildman–Crippen LogP) is 2.75. The molecule has 1 fully saturated rings. The molecule has 1 aromatic heterocycles. The lowest BCUT2D eigenvalue weighted by molar-refractivity contribution is 0.207. The molecule has 1 aromatic carbocycles. The van der Waals surface area contributed by atoms with Gasteiger partial charge in [-0.05, 0) is 19.1 Å². The number of piperazine rings is 1. The van der Waals surface area contributed by atoms with Crippen LogP contribution in [0.3, 0.4) is 0 Å². The van der Waals surface area contributed by atoms with E-state index in [-0.39, 0.29) is 11.7 Å². The maximum atomic E-state index is 13.8. The second-order valence-electron chi connectivity index (χ2n) is 5.42. The van der Waals surface area contributed by atoms with Crippen molar-refractivity contribution >= 4 is 17.5 Å². The van der Waals surface area contributed by atoms with Crippen molar-refractivity contribution in [1.82, 2.24) is 10.1 Å². The van der Waals surface area contributed by atoms with E-state index >= 15 is 0 Å². The number of urea groups is 1. The third kappa shape index (κ3) is 3.15. The molecule has 2 aromatic rings. The molecule has 0 radical (unpaired) electrons. The van der Waals surface area contributed by atoms with Crippen LogP contribution in [0.4, 0.5) is 29.5 Å². The minimum absolute atomic E-state index is 0.0129. The molecule has 128 valence electrons. The number of anilines is 2. The first-order valence-corrected chi connectivity index (χ1v) is 7.33.